The van der Waals surface area contributed by atoms with Crippen molar-refractivity contribution in [1.29, 1.82) is 0 Å². The molecule has 162 valence electrons. The van der Waals surface area contributed by atoms with Crippen molar-refractivity contribution in [3.8, 4) is 5.75 Å². The molecular weight excluding hydrogens is 366 g/mol. The predicted molar refractivity (Wildman–Crippen MR) is 119 cm³/mol. The van der Waals surface area contributed by atoms with Gasteiger partial charge in [0, 0.05) is 46.3 Å². The molecule has 0 saturated carbocycles. The molecule has 0 atom stereocenters. The number of piperidine rings is 1. The predicted octanol–water partition coefficient (Wildman–Crippen LogP) is 1.65. The molecule has 29 heavy (non-hydrogen) atoms. The van der Waals surface area contributed by atoms with E-state index < -0.39 is 0 Å². The first kappa shape index (κ1) is 23.0. The van der Waals surface area contributed by atoms with Crippen molar-refractivity contribution >= 4 is 11.9 Å². The third kappa shape index (κ3) is 7.57. The molecular formula is C22H37N5O2. The number of carbonyl (C=O) groups excluding carboxylic acids is 1. The number of hydrogen-bond donors (Lipinski definition) is 2. The Balaban J connectivity index is 1.83. The fourth-order valence-corrected chi connectivity index (χ4v) is 3.40. The maximum Gasteiger partial charge on any atom is 0.236 e. The number of ether oxygens (including phenoxy) is 1. The third-order valence-electron chi connectivity index (χ3n) is 5.27. The highest BCUT2D eigenvalue weighted by Crippen LogP contribution is 2.19. The molecule has 1 aliphatic heterocycles. The highest BCUT2D eigenvalue weighted by atomic mass is 16.5. The van der Waals surface area contributed by atoms with E-state index in [1.54, 1.807) is 12.0 Å². The Hall–Kier alpha value is -2.28. The Morgan fingerprint density at radius 1 is 1.31 bits per heavy atom. The lowest BCUT2D eigenvalue weighted by Crippen LogP contribution is -2.50. The number of aryl methyl sites for hydroxylation is 1. The lowest BCUT2D eigenvalue weighted by molar-refractivity contribution is -0.130. The Bertz CT molecular complexity index is 682. The lowest BCUT2D eigenvalue weighted by atomic mass is 10.1. The van der Waals surface area contributed by atoms with Gasteiger partial charge in [-0.1, -0.05) is 12.1 Å². The summed E-state index contributed by atoms with van der Waals surface area (Å²) < 4.78 is 5.41. The van der Waals surface area contributed by atoms with Gasteiger partial charge in [0.2, 0.25) is 5.91 Å². The summed E-state index contributed by atoms with van der Waals surface area (Å²) in [4.78, 5) is 20.5. The van der Waals surface area contributed by atoms with Gasteiger partial charge in [-0.15, -0.1) is 0 Å². The summed E-state index contributed by atoms with van der Waals surface area (Å²) in [6.45, 7) is 8.05. The number of guanidine groups is 1. The fourth-order valence-electron chi connectivity index (χ4n) is 3.40. The van der Waals surface area contributed by atoms with Gasteiger partial charge in [-0.25, -0.2) is 0 Å². The van der Waals surface area contributed by atoms with E-state index in [0.29, 0.717) is 12.6 Å². The summed E-state index contributed by atoms with van der Waals surface area (Å²) in [5, 5.41) is 6.91. The molecule has 0 unspecified atom stereocenters. The summed E-state index contributed by atoms with van der Waals surface area (Å²) >= 11 is 0. The summed E-state index contributed by atoms with van der Waals surface area (Å²) in [6.07, 6.45) is 2.90. The van der Waals surface area contributed by atoms with E-state index in [9.17, 15) is 4.79 Å². The molecule has 1 aromatic carbocycles. The van der Waals surface area contributed by atoms with Gasteiger partial charge < -0.3 is 20.3 Å². The molecule has 1 aromatic rings. The second-order valence-corrected chi connectivity index (χ2v) is 7.80. The van der Waals surface area contributed by atoms with Gasteiger partial charge >= 0.3 is 0 Å². The van der Waals surface area contributed by atoms with Crippen molar-refractivity contribution in [3.63, 3.8) is 0 Å². The molecule has 2 N–H and O–H groups in total. The molecule has 1 amide bonds. The van der Waals surface area contributed by atoms with Gasteiger partial charge in [-0.05, 0) is 50.3 Å². The van der Waals surface area contributed by atoms with Crippen LogP contribution >= 0.6 is 0 Å². The Kier molecular flexibility index (Phi) is 9.25. The summed E-state index contributed by atoms with van der Waals surface area (Å²) in [5.41, 5.74) is 2.37. The van der Waals surface area contributed by atoms with E-state index in [1.165, 1.54) is 5.56 Å². The molecule has 1 fully saturated rings. The number of amides is 1. The molecule has 7 nitrogen and oxygen atoms in total. The zero-order valence-electron chi connectivity index (χ0n) is 18.6. The van der Waals surface area contributed by atoms with Crippen molar-refractivity contribution in [2.75, 3.05) is 53.9 Å². The van der Waals surface area contributed by atoms with Crippen LogP contribution in [-0.4, -0.2) is 81.6 Å². The van der Waals surface area contributed by atoms with Gasteiger partial charge in [-0.3, -0.25) is 14.7 Å². The van der Waals surface area contributed by atoms with Crippen LogP contribution in [0.4, 0.5) is 0 Å². The Labute approximate surface area is 175 Å². The second-order valence-electron chi connectivity index (χ2n) is 7.80. The summed E-state index contributed by atoms with van der Waals surface area (Å²) in [7, 11) is 5.32. The molecule has 0 aromatic heterocycles. The number of benzene rings is 1. The average molecular weight is 404 g/mol. The maximum absolute atomic E-state index is 11.9. The summed E-state index contributed by atoms with van der Waals surface area (Å²) in [5.74, 6) is 1.96. The van der Waals surface area contributed by atoms with Crippen LogP contribution in [0.2, 0.25) is 0 Å². The lowest BCUT2D eigenvalue weighted by Gasteiger charge is -2.33. The normalized spacial score (nSPS) is 15.8. The number of rotatable bonds is 8. The second kappa shape index (κ2) is 11.7. The minimum Gasteiger partial charge on any atom is -0.496 e. The SMILES string of the molecule is CCNC(=NCCc1ccc(C)c(OC)c1)NC1CCN(CC(=O)N(C)C)CC1. The van der Waals surface area contributed by atoms with Crippen LogP contribution in [0.15, 0.2) is 23.2 Å². The van der Waals surface area contributed by atoms with Crippen molar-refractivity contribution in [2.24, 2.45) is 4.99 Å². The Morgan fingerprint density at radius 3 is 2.66 bits per heavy atom. The van der Waals surface area contributed by atoms with Crippen molar-refractivity contribution in [1.82, 2.24) is 20.4 Å². The van der Waals surface area contributed by atoms with E-state index in [-0.39, 0.29) is 5.91 Å². The smallest absolute Gasteiger partial charge is 0.236 e. The number of methoxy groups -OCH3 is 1. The molecule has 1 saturated heterocycles. The van der Waals surface area contributed by atoms with Crippen LogP contribution in [0.3, 0.4) is 0 Å². The van der Waals surface area contributed by atoms with Gasteiger partial charge in [-0.2, -0.15) is 0 Å². The van der Waals surface area contributed by atoms with Crippen LogP contribution in [0.5, 0.6) is 5.75 Å². The van der Waals surface area contributed by atoms with Crippen molar-refractivity contribution in [3.05, 3.63) is 29.3 Å². The highest BCUT2D eigenvalue weighted by Gasteiger charge is 2.22. The topological polar surface area (TPSA) is 69.2 Å². The van der Waals surface area contributed by atoms with Crippen LogP contribution in [0.25, 0.3) is 0 Å². The monoisotopic (exact) mass is 403 g/mol. The number of hydrogen-bond acceptors (Lipinski definition) is 4. The van der Waals surface area contributed by atoms with Gasteiger partial charge in [0.1, 0.15) is 5.75 Å². The zero-order chi connectivity index (χ0) is 21.2. The van der Waals surface area contributed by atoms with Crippen LogP contribution in [-0.2, 0) is 11.2 Å². The molecule has 0 aliphatic carbocycles. The van der Waals surface area contributed by atoms with Crippen LogP contribution < -0.4 is 15.4 Å². The van der Waals surface area contributed by atoms with Crippen LogP contribution in [0, 0.1) is 6.92 Å². The highest BCUT2D eigenvalue weighted by molar-refractivity contribution is 5.80. The summed E-state index contributed by atoms with van der Waals surface area (Å²) in [6, 6.07) is 6.71. The van der Waals surface area contributed by atoms with E-state index in [4.69, 9.17) is 9.73 Å². The first-order valence-corrected chi connectivity index (χ1v) is 10.5. The number of nitrogens with one attached hydrogen (secondary N) is 2. The molecule has 1 aliphatic rings. The van der Waals surface area contributed by atoms with E-state index >= 15 is 0 Å². The number of nitrogens with zero attached hydrogens (tertiary/aromatic N) is 3. The largest absolute Gasteiger partial charge is 0.496 e. The number of carbonyl (C=O) groups is 1. The molecule has 0 bridgehead atoms. The number of aliphatic imine (C=N–C) groups is 1. The zero-order valence-corrected chi connectivity index (χ0v) is 18.6. The molecule has 2 rings (SSSR count). The van der Waals surface area contributed by atoms with Gasteiger partial charge in [0.15, 0.2) is 5.96 Å². The number of likely N-dealkylation sites (N-methyl/N-ethyl adjacent to an activating group) is 1. The van der Waals surface area contributed by atoms with E-state index in [0.717, 1.165) is 62.7 Å². The van der Waals surface area contributed by atoms with E-state index in [2.05, 4.69) is 47.6 Å². The average Bonchev–Trinajstić information content (AvgIpc) is 2.70. The molecule has 7 heteroatoms. The molecule has 0 radical (unpaired) electrons. The Morgan fingerprint density at radius 2 is 2.03 bits per heavy atom. The molecule has 1 heterocycles. The molecule has 0 spiro atoms. The van der Waals surface area contributed by atoms with E-state index in [1.807, 2.05) is 14.1 Å². The minimum absolute atomic E-state index is 0.166. The van der Waals surface area contributed by atoms with Crippen molar-refractivity contribution in [2.45, 2.75) is 39.2 Å². The fraction of sp³-hybridized carbons (Fsp3) is 0.636. The third-order valence-corrected chi connectivity index (χ3v) is 5.27. The van der Waals surface area contributed by atoms with Gasteiger partial charge in [0.05, 0.1) is 13.7 Å². The maximum atomic E-state index is 11.9. The van der Waals surface area contributed by atoms with Crippen molar-refractivity contribution < 1.29 is 9.53 Å². The standard InChI is InChI=1S/C22H37N5O2/c1-6-23-22(24-12-9-18-8-7-17(2)20(15-18)29-5)25-19-10-13-27(14-11-19)16-21(28)26(3)4/h7-8,15,19H,6,9-14,16H2,1-5H3,(H2,23,24,25). The first-order chi connectivity index (χ1) is 13.9. The van der Waals surface area contributed by atoms with Crippen LogP contribution in [0.1, 0.15) is 30.9 Å². The minimum atomic E-state index is 0.166. The number of likely N-dealkylation sites (tertiary alicyclic amines) is 1. The van der Waals surface area contributed by atoms with Gasteiger partial charge in [0.25, 0.3) is 0 Å². The quantitative estimate of drug-likeness (QED) is 0.510. The first-order valence-electron chi connectivity index (χ1n) is 10.5.